The van der Waals surface area contributed by atoms with Crippen molar-refractivity contribution in [3.8, 4) is 5.75 Å². The normalized spacial score (nSPS) is 12.3. The van der Waals surface area contributed by atoms with Gasteiger partial charge in [0.15, 0.2) is 0 Å². The summed E-state index contributed by atoms with van der Waals surface area (Å²) < 4.78 is 19.0. The van der Waals surface area contributed by atoms with Gasteiger partial charge in [0.1, 0.15) is 5.75 Å². The molecule has 6 nitrogen and oxygen atoms in total. The lowest BCUT2D eigenvalue weighted by molar-refractivity contribution is 0.404. The first-order chi connectivity index (χ1) is 8.60. The van der Waals surface area contributed by atoms with Crippen LogP contribution in [0.1, 0.15) is 5.69 Å². The Morgan fingerprint density at radius 2 is 2.28 bits per heavy atom. The van der Waals surface area contributed by atoms with E-state index in [4.69, 9.17) is 10.5 Å². The fourth-order valence-electron chi connectivity index (χ4n) is 1.55. The van der Waals surface area contributed by atoms with E-state index < -0.39 is 10.8 Å². The topological polar surface area (TPSA) is 83.0 Å². The van der Waals surface area contributed by atoms with E-state index in [0.717, 1.165) is 0 Å². The first-order valence-electron chi connectivity index (χ1n) is 5.27. The monoisotopic (exact) mass is 266 g/mol. The SMILES string of the molecule is COc1cc(N)ccc1S(=O)Cc1cn(C)nn1. The van der Waals surface area contributed by atoms with Crippen LogP contribution in [0.3, 0.4) is 0 Å². The van der Waals surface area contributed by atoms with Crippen LogP contribution in [0.4, 0.5) is 5.69 Å². The minimum absolute atomic E-state index is 0.300. The summed E-state index contributed by atoms with van der Waals surface area (Å²) >= 11 is 0. The van der Waals surface area contributed by atoms with Crippen LogP contribution >= 0.6 is 0 Å². The number of nitrogens with two attached hydrogens (primary N) is 1. The molecule has 1 heterocycles. The van der Waals surface area contributed by atoms with Crippen molar-refractivity contribution in [1.82, 2.24) is 15.0 Å². The molecule has 0 aliphatic rings. The third kappa shape index (κ3) is 2.67. The highest BCUT2D eigenvalue weighted by Gasteiger charge is 2.13. The second-order valence-electron chi connectivity index (χ2n) is 3.78. The number of methoxy groups -OCH3 is 1. The molecule has 0 saturated heterocycles. The smallest absolute Gasteiger partial charge is 0.137 e. The third-order valence-electron chi connectivity index (χ3n) is 2.36. The van der Waals surface area contributed by atoms with Gasteiger partial charge in [0.05, 0.1) is 34.3 Å². The Hall–Kier alpha value is -1.89. The molecule has 1 unspecified atom stereocenters. The molecule has 0 bridgehead atoms. The van der Waals surface area contributed by atoms with E-state index >= 15 is 0 Å². The number of nitrogens with zero attached hydrogens (tertiary/aromatic N) is 3. The Morgan fingerprint density at radius 3 is 2.89 bits per heavy atom. The molecular formula is C11H14N4O2S. The molecular weight excluding hydrogens is 252 g/mol. The fourth-order valence-corrected chi connectivity index (χ4v) is 2.69. The van der Waals surface area contributed by atoms with E-state index in [1.54, 1.807) is 36.1 Å². The number of anilines is 1. The molecule has 0 amide bonds. The third-order valence-corrected chi connectivity index (χ3v) is 3.75. The Morgan fingerprint density at radius 1 is 1.50 bits per heavy atom. The number of hydrogen-bond acceptors (Lipinski definition) is 5. The summed E-state index contributed by atoms with van der Waals surface area (Å²) in [5.74, 6) is 0.825. The molecule has 96 valence electrons. The van der Waals surface area contributed by atoms with Gasteiger partial charge in [0.2, 0.25) is 0 Å². The summed E-state index contributed by atoms with van der Waals surface area (Å²) in [6.07, 6.45) is 1.74. The minimum Gasteiger partial charge on any atom is -0.495 e. The van der Waals surface area contributed by atoms with Gasteiger partial charge in [-0.25, -0.2) is 0 Å². The van der Waals surface area contributed by atoms with E-state index in [2.05, 4.69) is 10.3 Å². The second kappa shape index (κ2) is 5.18. The molecule has 0 aliphatic carbocycles. The van der Waals surface area contributed by atoms with Crippen molar-refractivity contribution >= 4 is 16.5 Å². The fraction of sp³-hybridized carbons (Fsp3) is 0.273. The number of aryl methyl sites for hydroxylation is 1. The summed E-state index contributed by atoms with van der Waals surface area (Å²) in [5, 5.41) is 7.71. The zero-order valence-corrected chi connectivity index (χ0v) is 11.0. The summed E-state index contributed by atoms with van der Waals surface area (Å²) in [5.41, 5.74) is 6.91. The Kier molecular flexibility index (Phi) is 3.61. The Balaban J connectivity index is 2.23. The van der Waals surface area contributed by atoms with Crippen LogP contribution in [0.25, 0.3) is 0 Å². The Bertz CT molecular complexity index is 582. The zero-order chi connectivity index (χ0) is 13.1. The molecule has 1 aromatic heterocycles. The van der Waals surface area contributed by atoms with Gasteiger partial charge in [-0.05, 0) is 12.1 Å². The van der Waals surface area contributed by atoms with Crippen molar-refractivity contribution in [3.63, 3.8) is 0 Å². The van der Waals surface area contributed by atoms with E-state index in [0.29, 0.717) is 27.8 Å². The van der Waals surface area contributed by atoms with Crippen LogP contribution in [0.2, 0.25) is 0 Å². The van der Waals surface area contributed by atoms with E-state index in [1.165, 1.54) is 7.11 Å². The molecule has 2 rings (SSSR count). The van der Waals surface area contributed by atoms with Crippen LogP contribution in [-0.2, 0) is 23.6 Å². The molecule has 2 aromatic rings. The average molecular weight is 266 g/mol. The van der Waals surface area contributed by atoms with Crippen LogP contribution < -0.4 is 10.5 Å². The number of aromatic nitrogens is 3. The molecule has 2 N–H and O–H groups in total. The summed E-state index contributed by atoms with van der Waals surface area (Å²) in [6, 6.07) is 5.07. The quantitative estimate of drug-likeness (QED) is 0.824. The van der Waals surface area contributed by atoms with Gasteiger partial charge in [0.25, 0.3) is 0 Å². The molecule has 18 heavy (non-hydrogen) atoms. The summed E-state index contributed by atoms with van der Waals surface area (Å²) in [6.45, 7) is 0. The highest BCUT2D eigenvalue weighted by atomic mass is 32.2. The lowest BCUT2D eigenvalue weighted by Gasteiger charge is -2.08. The van der Waals surface area contributed by atoms with Crippen molar-refractivity contribution in [1.29, 1.82) is 0 Å². The Labute approximate surface area is 107 Å². The number of ether oxygens (including phenoxy) is 1. The van der Waals surface area contributed by atoms with Crippen molar-refractivity contribution in [2.45, 2.75) is 10.6 Å². The van der Waals surface area contributed by atoms with Gasteiger partial charge in [-0.3, -0.25) is 8.89 Å². The number of hydrogen-bond donors (Lipinski definition) is 1. The molecule has 0 fully saturated rings. The average Bonchev–Trinajstić information content (AvgIpc) is 2.74. The molecule has 1 atom stereocenters. The number of rotatable bonds is 4. The predicted octanol–water partition coefficient (Wildman–Crippen LogP) is 0.714. The minimum atomic E-state index is -1.24. The van der Waals surface area contributed by atoms with Crippen molar-refractivity contribution < 1.29 is 8.95 Å². The number of benzene rings is 1. The molecule has 0 aliphatic heterocycles. The maximum Gasteiger partial charge on any atom is 0.137 e. The number of nitrogen functional groups attached to an aromatic ring is 1. The van der Waals surface area contributed by atoms with Crippen LogP contribution in [0.5, 0.6) is 5.75 Å². The zero-order valence-electron chi connectivity index (χ0n) is 10.2. The first kappa shape index (κ1) is 12.6. The van der Waals surface area contributed by atoms with E-state index in [-0.39, 0.29) is 0 Å². The van der Waals surface area contributed by atoms with Crippen LogP contribution in [0.15, 0.2) is 29.3 Å². The van der Waals surface area contributed by atoms with Gasteiger partial charge in [-0.2, -0.15) is 0 Å². The molecule has 0 saturated carbocycles. The van der Waals surface area contributed by atoms with Gasteiger partial charge >= 0.3 is 0 Å². The highest BCUT2D eigenvalue weighted by molar-refractivity contribution is 7.84. The lowest BCUT2D eigenvalue weighted by Crippen LogP contribution is -2.01. The standard InChI is InChI=1S/C11H14N4O2S/c1-15-6-9(13-14-15)7-18(16)11-4-3-8(12)5-10(11)17-2/h3-6H,7,12H2,1-2H3. The maximum atomic E-state index is 12.2. The summed E-state index contributed by atoms with van der Waals surface area (Å²) in [7, 11) is 2.06. The van der Waals surface area contributed by atoms with Crippen LogP contribution in [0, 0.1) is 0 Å². The predicted molar refractivity (Wildman–Crippen MR) is 68.5 cm³/mol. The molecule has 0 spiro atoms. The van der Waals surface area contributed by atoms with Gasteiger partial charge in [-0.15, -0.1) is 5.10 Å². The van der Waals surface area contributed by atoms with Gasteiger partial charge in [-0.1, -0.05) is 5.21 Å². The van der Waals surface area contributed by atoms with E-state index in [1.807, 2.05) is 0 Å². The van der Waals surface area contributed by atoms with Gasteiger partial charge < -0.3 is 10.5 Å². The molecule has 7 heteroatoms. The maximum absolute atomic E-state index is 12.2. The van der Waals surface area contributed by atoms with Crippen molar-refractivity contribution in [3.05, 3.63) is 30.1 Å². The molecule has 0 radical (unpaired) electrons. The van der Waals surface area contributed by atoms with Crippen molar-refractivity contribution in [2.75, 3.05) is 12.8 Å². The largest absolute Gasteiger partial charge is 0.495 e. The first-order valence-corrected chi connectivity index (χ1v) is 6.59. The van der Waals surface area contributed by atoms with Gasteiger partial charge in [0, 0.05) is 25.0 Å². The lowest BCUT2D eigenvalue weighted by atomic mass is 10.3. The highest BCUT2D eigenvalue weighted by Crippen LogP contribution is 2.25. The van der Waals surface area contributed by atoms with E-state index in [9.17, 15) is 4.21 Å². The second-order valence-corrected chi connectivity index (χ2v) is 5.20. The molecule has 1 aromatic carbocycles. The van der Waals surface area contributed by atoms with Crippen LogP contribution in [-0.4, -0.2) is 26.3 Å². The summed E-state index contributed by atoms with van der Waals surface area (Å²) in [4.78, 5) is 0.609. The van der Waals surface area contributed by atoms with Crippen molar-refractivity contribution in [2.24, 2.45) is 7.05 Å².